The van der Waals surface area contributed by atoms with Crippen LogP contribution < -0.4 is 4.74 Å². The molecule has 2 saturated heterocycles. The summed E-state index contributed by atoms with van der Waals surface area (Å²) < 4.78 is 10.7. The number of methoxy groups -OCH3 is 1. The van der Waals surface area contributed by atoms with Gasteiger partial charge in [-0.15, -0.1) is 0 Å². The van der Waals surface area contributed by atoms with Crippen LogP contribution in [-0.4, -0.2) is 61.6 Å². The Balaban J connectivity index is 1.63. The maximum atomic E-state index is 12.7. The summed E-state index contributed by atoms with van der Waals surface area (Å²) in [6.07, 6.45) is 1.16. The fourth-order valence-corrected chi connectivity index (χ4v) is 3.35. The van der Waals surface area contributed by atoms with E-state index in [0.29, 0.717) is 39.3 Å². The lowest BCUT2D eigenvalue weighted by molar-refractivity contribution is -0.135. The van der Waals surface area contributed by atoms with Crippen molar-refractivity contribution >= 4 is 11.8 Å². The Bertz CT molecular complexity index is 596. The fraction of sp³-hybridized carbons (Fsp3) is 0.556. The lowest BCUT2D eigenvalue weighted by Gasteiger charge is -2.23. The molecule has 130 valence electrons. The van der Waals surface area contributed by atoms with E-state index in [4.69, 9.17) is 9.47 Å². The number of likely N-dealkylation sites (tertiary alicyclic amines) is 1. The average molecular weight is 332 g/mol. The molecule has 6 nitrogen and oxygen atoms in total. The summed E-state index contributed by atoms with van der Waals surface area (Å²) in [7, 11) is 1.62. The van der Waals surface area contributed by atoms with Gasteiger partial charge in [0.2, 0.25) is 11.8 Å². The second-order valence-corrected chi connectivity index (χ2v) is 6.28. The lowest BCUT2D eigenvalue weighted by atomic mass is 10.1. The Morgan fingerprint density at radius 3 is 2.96 bits per heavy atom. The van der Waals surface area contributed by atoms with E-state index in [9.17, 15) is 9.59 Å². The molecule has 3 rings (SSSR count). The van der Waals surface area contributed by atoms with Gasteiger partial charge in [-0.05, 0) is 12.5 Å². The molecular formula is C18H24N2O4. The Kier molecular flexibility index (Phi) is 5.35. The van der Waals surface area contributed by atoms with Crippen LogP contribution in [0.2, 0.25) is 0 Å². The van der Waals surface area contributed by atoms with E-state index in [1.165, 1.54) is 0 Å². The molecule has 2 heterocycles. The summed E-state index contributed by atoms with van der Waals surface area (Å²) in [5.74, 6) is 0.636. The van der Waals surface area contributed by atoms with Gasteiger partial charge in [0, 0.05) is 44.8 Å². The molecule has 0 aromatic heterocycles. The minimum atomic E-state index is -0.245. The molecular weight excluding hydrogens is 308 g/mol. The SMILES string of the molecule is COc1ccccc1CN1C[C@H](C(=O)N2CCCOCC2)CC1=O. The summed E-state index contributed by atoms with van der Waals surface area (Å²) in [5, 5.41) is 0. The van der Waals surface area contributed by atoms with Crippen molar-refractivity contribution in [3.05, 3.63) is 29.8 Å². The molecule has 0 aliphatic carbocycles. The van der Waals surface area contributed by atoms with Crippen molar-refractivity contribution in [2.45, 2.75) is 19.4 Å². The molecule has 1 aromatic carbocycles. The molecule has 0 bridgehead atoms. The van der Waals surface area contributed by atoms with Crippen molar-refractivity contribution < 1.29 is 19.1 Å². The summed E-state index contributed by atoms with van der Waals surface area (Å²) in [6, 6.07) is 7.67. The van der Waals surface area contributed by atoms with E-state index < -0.39 is 0 Å². The van der Waals surface area contributed by atoms with Crippen LogP contribution in [0.3, 0.4) is 0 Å². The summed E-state index contributed by atoms with van der Waals surface area (Å²) in [6.45, 7) is 3.58. The number of carbonyl (C=O) groups excluding carboxylic acids is 2. The first-order valence-electron chi connectivity index (χ1n) is 8.45. The molecule has 1 aromatic rings. The second-order valence-electron chi connectivity index (χ2n) is 6.28. The molecule has 2 amide bonds. The van der Waals surface area contributed by atoms with Gasteiger partial charge >= 0.3 is 0 Å². The topological polar surface area (TPSA) is 59.1 Å². The maximum Gasteiger partial charge on any atom is 0.228 e. The molecule has 0 spiro atoms. The predicted octanol–water partition coefficient (Wildman–Crippen LogP) is 1.29. The van der Waals surface area contributed by atoms with Crippen LogP contribution in [0.4, 0.5) is 0 Å². The Morgan fingerprint density at radius 1 is 1.29 bits per heavy atom. The first-order valence-corrected chi connectivity index (χ1v) is 8.45. The van der Waals surface area contributed by atoms with Crippen molar-refractivity contribution in [2.24, 2.45) is 5.92 Å². The molecule has 1 atom stereocenters. The Hall–Kier alpha value is -2.08. The van der Waals surface area contributed by atoms with Crippen LogP contribution in [0, 0.1) is 5.92 Å². The number of carbonyl (C=O) groups is 2. The molecule has 0 N–H and O–H groups in total. The zero-order valence-electron chi connectivity index (χ0n) is 14.1. The quantitative estimate of drug-likeness (QED) is 0.834. The van der Waals surface area contributed by atoms with E-state index in [-0.39, 0.29) is 17.7 Å². The number of rotatable bonds is 4. The molecule has 2 aliphatic rings. The zero-order valence-corrected chi connectivity index (χ0v) is 14.1. The normalized spacial score (nSPS) is 21.7. The summed E-state index contributed by atoms with van der Waals surface area (Å²) >= 11 is 0. The number of ether oxygens (including phenoxy) is 2. The number of amides is 2. The van der Waals surface area contributed by atoms with Crippen LogP contribution >= 0.6 is 0 Å². The number of hydrogen-bond donors (Lipinski definition) is 0. The second kappa shape index (κ2) is 7.66. The highest BCUT2D eigenvalue weighted by molar-refractivity contribution is 5.89. The van der Waals surface area contributed by atoms with Crippen molar-refractivity contribution in [1.29, 1.82) is 0 Å². The van der Waals surface area contributed by atoms with Gasteiger partial charge < -0.3 is 19.3 Å². The van der Waals surface area contributed by atoms with Gasteiger partial charge in [0.05, 0.1) is 19.6 Å². The van der Waals surface area contributed by atoms with Crippen LogP contribution in [0.5, 0.6) is 5.75 Å². The van der Waals surface area contributed by atoms with E-state index >= 15 is 0 Å². The highest BCUT2D eigenvalue weighted by atomic mass is 16.5. The van der Waals surface area contributed by atoms with Crippen LogP contribution in [0.15, 0.2) is 24.3 Å². The number of benzene rings is 1. The van der Waals surface area contributed by atoms with Gasteiger partial charge in [-0.1, -0.05) is 18.2 Å². The minimum Gasteiger partial charge on any atom is -0.496 e. The molecule has 2 fully saturated rings. The van der Waals surface area contributed by atoms with Gasteiger partial charge in [-0.25, -0.2) is 0 Å². The van der Waals surface area contributed by atoms with Crippen molar-refractivity contribution in [3.8, 4) is 5.75 Å². The first kappa shape index (κ1) is 16.8. The van der Waals surface area contributed by atoms with Gasteiger partial charge in [0.25, 0.3) is 0 Å². The van der Waals surface area contributed by atoms with Crippen LogP contribution in [-0.2, 0) is 20.9 Å². The fourth-order valence-electron chi connectivity index (χ4n) is 3.35. The molecule has 6 heteroatoms. The summed E-state index contributed by atoms with van der Waals surface area (Å²) in [4.78, 5) is 28.6. The third-order valence-corrected chi connectivity index (χ3v) is 4.65. The number of hydrogen-bond acceptors (Lipinski definition) is 4. The average Bonchev–Trinajstić information content (AvgIpc) is 2.80. The van der Waals surface area contributed by atoms with Crippen LogP contribution in [0.25, 0.3) is 0 Å². The molecule has 0 unspecified atom stereocenters. The Labute approximate surface area is 142 Å². The number of nitrogens with zero attached hydrogens (tertiary/aromatic N) is 2. The molecule has 0 saturated carbocycles. The zero-order chi connectivity index (χ0) is 16.9. The predicted molar refractivity (Wildman–Crippen MR) is 88.5 cm³/mol. The van der Waals surface area contributed by atoms with Gasteiger partial charge in [-0.3, -0.25) is 9.59 Å². The van der Waals surface area contributed by atoms with Gasteiger partial charge in [0.1, 0.15) is 5.75 Å². The van der Waals surface area contributed by atoms with Crippen LogP contribution in [0.1, 0.15) is 18.4 Å². The van der Waals surface area contributed by atoms with Gasteiger partial charge in [0.15, 0.2) is 0 Å². The van der Waals surface area contributed by atoms with Gasteiger partial charge in [-0.2, -0.15) is 0 Å². The summed E-state index contributed by atoms with van der Waals surface area (Å²) in [5.41, 5.74) is 0.963. The minimum absolute atomic E-state index is 0.0327. The maximum absolute atomic E-state index is 12.7. The van der Waals surface area contributed by atoms with Crippen molar-refractivity contribution in [2.75, 3.05) is 40.0 Å². The standard InChI is InChI=1S/C18H24N2O4/c1-23-16-6-3-2-5-14(16)12-20-13-15(11-17(20)21)18(22)19-7-4-9-24-10-8-19/h2-3,5-6,15H,4,7-13H2,1H3/t15-/m1/s1. The highest BCUT2D eigenvalue weighted by Crippen LogP contribution is 2.26. The molecule has 24 heavy (non-hydrogen) atoms. The number of para-hydroxylation sites is 1. The Morgan fingerprint density at radius 2 is 2.12 bits per heavy atom. The lowest BCUT2D eigenvalue weighted by Crippen LogP contribution is -2.38. The smallest absolute Gasteiger partial charge is 0.228 e. The van der Waals surface area contributed by atoms with Crippen molar-refractivity contribution in [1.82, 2.24) is 9.80 Å². The van der Waals surface area contributed by atoms with E-state index in [2.05, 4.69) is 0 Å². The monoisotopic (exact) mass is 332 g/mol. The van der Waals surface area contributed by atoms with Crippen molar-refractivity contribution in [3.63, 3.8) is 0 Å². The van der Waals surface area contributed by atoms with E-state index in [1.54, 1.807) is 12.0 Å². The molecule has 2 aliphatic heterocycles. The largest absolute Gasteiger partial charge is 0.496 e. The third kappa shape index (κ3) is 3.70. The van der Waals surface area contributed by atoms with E-state index in [0.717, 1.165) is 24.3 Å². The highest BCUT2D eigenvalue weighted by Gasteiger charge is 2.36. The molecule has 0 radical (unpaired) electrons. The van der Waals surface area contributed by atoms with E-state index in [1.807, 2.05) is 29.2 Å². The third-order valence-electron chi connectivity index (χ3n) is 4.65. The first-order chi connectivity index (χ1) is 11.7.